The quantitative estimate of drug-likeness (QED) is 0.298. The fourth-order valence-corrected chi connectivity index (χ4v) is 7.27. The van der Waals surface area contributed by atoms with Gasteiger partial charge in [-0.1, -0.05) is 18.2 Å². The van der Waals surface area contributed by atoms with Gasteiger partial charge in [-0.25, -0.2) is 4.39 Å². The molecule has 8 nitrogen and oxygen atoms in total. The third-order valence-corrected chi connectivity index (χ3v) is 9.84. The van der Waals surface area contributed by atoms with Crippen molar-refractivity contribution >= 4 is 23.2 Å². The molecule has 1 saturated heterocycles. The molecule has 3 N–H and O–H groups in total. The van der Waals surface area contributed by atoms with Gasteiger partial charge in [0.2, 0.25) is 5.91 Å². The van der Waals surface area contributed by atoms with E-state index in [9.17, 15) is 18.8 Å². The Kier molecular flexibility index (Phi) is 8.39. The number of allylic oxidation sites excluding steroid dienone is 2. The molecule has 1 unspecified atom stereocenters. The summed E-state index contributed by atoms with van der Waals surface area (Å²) in [5.74, 6) is -0.521. The number of nitrogens with one attached hydrogen (secondary N) is 3. The number of carbonyl (C=O) groups is 2. The lowest BCUT2D eigenvalue weighted by Gasteiger charge is -2.37. The molecule has 3 heterocycles. The number of aryl methyl sites for hydroxylation is 2. The average Bonchev–Trinajstić information content (AvgIpc) is 3.29. The van der Waals surface area contributed by atoms with Crippen molar-refractivity contribution in [2.45, 2.75) is 77.8 Å². The van der Waals surface area contributed by atoms with Gasteiger partial charge in [0.1, 0.15) is 0 Å². The van der Waals surface area contributed by atoms with Gasteiger partial charge in [0.25, 0.3) is 11.5 Å². The number of fused-ring (bicyclic) bond motifs is 2. The highest BCUT2D eigenvalue weighted by molar-refractivity contribution is 6.07. The summed E-state index contributed by atoms with van der Waals surface area (Å²) in [4.78, 5) is 44.9. The maximum absolute atomic E-state index is 13.9. The Morgan fingerprint density at radius 2 is 1.87 bits per heavy atom. The first-order valence-corrected chi connectivity index (χ1v) is 15.9. The lowest BCUT2D eigenvalue weighted by molar-refractivity contribution is -0.121. The summed E-state index contributed by atoms with van der Waals surface area (Å²) in [6.07, 6.45) is 4.36. The van der Waals surface area contributed by atoms with Gasteiger partial charge >= 0.3 is 0 Å². The van der Waals surface area contributed by atoms with Crippen molar-refractivity contribution < 1.29 is 18.7 Å². The van der Waals surface area contributed by atoms with E-state index in [0.717, 1.165) is 64.3 Å². The zero-order valence-corrected chi connectivity index (χ0v) is 26.4. The summed E-state index contributed by atoms with van der Waals surface area (Å²) in [5.41, 5.74) is 6.89. The first-order valence-electron chi connectivity index (χ1n) is 15.9. The van der Waals surface area contributed by atoms with Crippen molar-refractivity contribution in [3.05, 3.63) is 92.2 Å². The molecule has 9 heteroatoms. The SMILES string of the molecule is CCN(c1cc(-c2ccc3c(c2)NC(=O)C32CC=C(F)CC2)cc(C(=O)NCc2c(C)cc(C)[nH]c2=O)c1C)C1CCOCC1. The van der Waals surface area contributed by atoms with Crippen LogP contribution in [0.25, 0.3) is 11.1 Å². The molecule has 2 amide bonds. The fraction of sp³-hybridized carbons (Fsp3) is 0.417. The van der Waals surface area contributed by atoms with Gasteiger partial charge in [-0.05, 0) is 105 Å². The number of anilines is 2. The summed E-state index contributed by atoms with van der Waals surface area (Å²) in [5, 5.41) is 6.06. The number of ether oxygens (including phenoxy) is 1. The summed E-state index contributed by atoms with van der Waals surface area (Å²) in [7, 11) is 0. The topological polar surface area (TPSA) is 104 Å². The van der Waals surface area contributed by atoms with Crippen LogP contribution in [0.15, 0.2) is 53.1 Å². The molecule has 0 bridgehead atoms. The normalized spacial score (nSPS) is 19.7. The van der Waals surface area contributed by atoms with Gasteiger partial charge in [0.05, 0.1) is 11.2 Å². The van der Waals surface area contributed by atoms with Crippen LogP contribution in [0.1, 0.15) is 77.3 Å². The highest BCUT2D eigenvalue weighted by Gasteiger charge is 2.47. The maximum Gasteiger partial charge on any atom is 0.253 e. The van der Waals surface area contributed by atoms with Gasteiger partial charge in [0, 0.05) is 67.0 Å². The number of halogens is 1. The van der Waals surface area contributed by atoms with E-state index in [1.165, 1.54) is 6.08 Å². The van der Waals surface area contributed by atoms with Crippen LogP contribution in [-0.2, 0) is 21.5 Å². The summed E-state index contributed by atoms with van der Waals surface area (Å²) in [6, 6.07) is 12.1. The van der Waals surface area contributed by atoms with Gasteiger partial charge in [-0.15, -0.1) is 0 Å². The zero-order chi connectivity index (χ0) is 31.9. The first-order chi connectivity index (χ1) is 21.6. The number of benzene rings is 2. The van der Waals surface area contributed by atoms with Crippen molar-refractivity contribution in [1.82, 2.24) is 10.3 Å². The van der Waals surface area contributed by atoms with Gasteiger partial charge in [-0.3, -0.25) is 14.4 Å². The number of hydrogen-bond acceptors (Lipinski definition) is 5. The molecule has 0 saturated carbocycles. The molecule has 1 atom stereocenters. The monoisotopic (exact) mass is 612 g/mol. The van der Waals surface area contributed by atoms with Gasteiger partial charge < -0.3 is 25.3 Å². The predicted molar refractivity (Wildman–Crippen MR) is 175 cm³/mol. The predicted octanol–water partition coefficient (Wildman–Crippen LogP) is 6.13. The molecule has 0 radical (unpaired) electrons. The van der Waals surface area contributed by atoms with Crippen LogP contribution >= 0.6 is 0 Å². The van der Waals surface area contributed by atoms with E-state index in [1.54, 1.807) is 0 Å². The Morgan fingerprint density at radius 1 is 1.09 bits per heavy atom. The van der Waals surface area contributed by atoms with Crippen molar-refractivity contribution in [1.29, 1.82) is 0 Å². The largest absolute Gasteiger partial charge is 0.381 e. The van der Waals surface area contributed by atoms with Crippen molar-refractivity contribution in [2.24, 2.45) is 0 Å². The molecular weight excluding hydrogens is 571 g/mol. The standard InChI is InChI=1S/C36H41FN4O4/c1-5-41(27-10-14-45-15-11-27)32-19-25(17-28(23(32)4)33(42)38-20-29-21(2)16-22(3)39-34(29)43)24-6-7-30-31(18-24)40-35(44)36(30)12-8-26(37)9-13-36/h6-8,16-19,27H,5,9-15,20H2,1-4H3,(H,38,42)(H,39,43)(H,40,44). The Hall–Kier alpha value is -4.24. The number of amides is 2. The summed E-state index contributed by atoms with van der Waals surface area (Å²) >= 11 is 0. The zero-order valence-electron chi connectivity index (χ0n) is 26.4. The minimum Gasteiger partial charge on any atom is -0.381 e. The fourth-order valence-electron chi connectivity index (χ4n) is 7.27. The number of nitrogens with zero attached hydrogens (tertiary/aromatic N) is 1. The van der Waals surface area contributed by atoms with Crippen LogP contribution in [0, 0.1) is 20.8 Å². The number of H-pyrrole nitrogens is 1. The molecule has 1 fully saturated rings. The molecule has 6 rings (SSSR count). The molecule has 236 valence electrons. The smallest absolute Gasteiger partial charge is 0.253 e. The van der Waals surface area contributed by atoms with Crippen LogP contribution in [0.5, 0.6) is 0 Å². The van der Waals surface area contributed by atoms with Gasteiger partial charge in [0.15, 0.2) is 0 Å². The second-order valence-corrected chi connectivity index (χ2v) is 12.6. The van der Waals surface area contributed by atoms with E-state index >= 15 is 0 Å². The number of aromatic nitrogens is 1. The second-order valence-electron chi connectivity index (χ2n) is 12.6. The van der Waals surface area contributed by atoms with Crippen LogP contribution in [0.4, 0.5) is 15.8 Å². The molecule has 1 aromatic heterocycles. The third kappa shape index (κ3) is 5.70. The van der Waals surface area contributed by atoms with Crippen LogP contribution in [0.3, 0.4) is 0 Å². The van der Waals surface area contributed by atoms with E-state index in [4.69, 9.17) is 4.74 Å². The highest BCUT2D eigenvalue weighted by atomic mass is 19.1. The minimum atomic E-state index is -0.749. The molecule has 1 aliphatic carbocycles. The van der Waals surface area contributed by atoms with Crippen molar-refractivity contribution in [2.75, 3.05) is 30.0 Å². The highest BCUT2D eigenvalue weighted by Crippen LogP contribution is 2.48. The van der Waals surface area contributed by atoms with Crippen molar-refractivity contribution in [3.63, 3.8) is 0 Å². The maximum atomic E-state index is 13.9. The number of pyridine rings is 1. The molecule has 45 heavy (non-hydrogen) atoms. The molecule has 1 spiro atoms. The molecule has 3 aliphatic rings. The third-order valence-electron chi connectivity index (χ3n) is 9.84. The number of carbonyl (C=O) groups excluding carboxylic acids is 2. The Balaban J connectivity index is 1.40. The Morgan fingerprint density at radius 3 is 2.56 bits per heavy atom. The average molecular weight is 613 g/mol. The summed E-state index contributed by atoms with van der Waals surface area (Å²) < 4.78 is 19.5. The van der Waals surface area contributed by atoms with Crippen LogP contribution < -0.4 is 21.1 Å². The van der Waals surface area contributed by atoms with Crippen LogP contribution in [-0.4, -0.2) is 42.6 Å². The first kappa shape index (κ1) is 30.8. The number of aromatic amines is 1. The van der Waals surface area contributed by atoms with Crippen molar-refractivity contribution in [3.8, 4) is 11.1 Å². The van der Waals surface area contributed by atoms with E-state index < -0.39 is 5.41 Å². The number of hydrogen-bond donors (Lipinski definition) is 3. The lowest BCUT2D eigenvalue weighted by Crippen LogP contribution is -2.40. The lowest BCUT2D eigenvalue weighted by atomic mass is 9.72. The summed E-state index contributed by atoms with van der Waals surface area (Å²) in [6.45, 7) is 10.1. The van der Waals surface area contributed by atoms with E-state index in [-0.39, 0.29) is 42.2 Å². The Labute approximate surface area is 263 Å². The van der Waals surface area contributed by atoms with E-state index in [1.807, 2.05) is 51.1 Å². The van der Waals surface area contributed by atoms with Gasteiger partial charge in [-0.2, -0.15) is 0 Å². The second kappa shape index (κ2) is 12.3. The van der Waals surface area contributed by atoms with E-state index in [2.05, 4.69) is 33.5 Å². The molecule has 2 aliphatic heterocycles. The van der Waals surface area contributed by atoms with Crippen LogP contribution in [0.2, 0.25) is 0 Å². The molecular formula is C36H41FN4O4. The number of rotatable bonds is 7. The molecule has 2 aromatic carbocycles. The van der Waals surface area contributed by atoms with E-state index in [0.29, 0.717) is 37.2 Å². The minimum absolute atomic E-state index is 0.0962. The Bertz CT molecular complexity index is 1760. The molecule has 3 aromatic rings.